The van der Waals surface area contributed by atoms with Gasteiger partial charge in [0.15, 0.2) is 0 Å². The molecule has 0 saturated carbocycles. The van der Waals surface area contributed by atoms with Crippen molar-refractivity contribution in [2.24, 2.45) is 0 Å². The second kappa shape index (κ2) is 10.1. The number of amides is 1. The lowest BCUT2D eigenvalue weighted by Crippen LogP contribution is -2.56. The fourth-order valence-corrected chi connectivity index (χ4v) is 4.56. The number of aromatic nitrogens is 2. The normalized spacial score (nSPS) is 16.1. The van der Waals surface area contributed by atoms with E-state index in [1.165, 1.54) is 5.56 Å². The average molecular weight is 433 g/mol. The second-order valence-corrected chi connectivity index (χ2v) is 8.38. The van der Waals surface area contributed by atoms with Crippen LogP contribution in [0, 0.1) is 0 Å². The molecule has 0 aliphatic carbocycles. The van der Waals surface area contributed by atoms with Gasteiger partial charge in [-0.2, -0.15) is 0 Å². The molecular weight excluding hydrogens is 400 g/mol. The van der Waals surface area contributed by atoms with E-state index in [2.05, 4.69) is 45.4 Å². The molecule has 2 aromatic carbocycles. The van der Waals surface area contributed by atoms with Gasteiger partial charge in [-0.1, -0.05) is 62.4 Å². The Labute approximate surface area is 190 Å². The maximum absolute atomic E-state index is 13.3. The van der Waals surface area contributed by atoms with Crippen molar-refractivity contribution in [1.29, 1.82) is 0 Å². The predicted octanol–water partition coefficient (Wildman–Crippen LogP) is 4.61. The minimum absolute atomic E-state index is 0.0742. The molecule has 4 rings (SSSR count). The highest BCUT2D eigenvalue weighted by Crippen LogP contribution is 2.41. The van der Waals surface area contributed by atoms with E-state index in [0.29, 0.717) is 24.6 Å². The highest BCUT2D eigenvalue weighted by Gasteiger charge is 2.48. The van der Waals surface area contributed by atoms with Crippen molar-refractivity contribution in [3.63, 3.8) is 0 Å². The van der Waals surface area contributed by atoms with Gasteiger partial charge < -0.3 is 9.32 Å². The minimum Gasteiger partial charge on any atom is -0.423 e. The molecule has 6 nitrogen and oxygen atoms in total. The number of rotatable bonds is 8. The molecule has 32 heavy (non-hydrogen) atoms. The number of aryl methyl sites for hydroxylation is 1. The quantitative estimate of drug-likeness (QED) is 0.520. The SMILES string of the molecule is CCC(=O)N(c1ccccc1)C1(c2nnc(CC)o2)CCN(CCc2ccccc2)CC1. The van der Waals surface area contributed by atoms with Crippen LogP contribution in [0.5, 0.6) is 0 Å². The predicted molar refractivity (Wildman–Crippen MR) is 125 cm³/mol. The van der Waals surface area contributed by atoms with Crippen LogP contribution in [0.1, 0.15) is 50.5 Å². The summed E-state index contributed by atoms with van der Waals surface area (Å²) in [6.07, 6.45) is 3.63. The molecule has 1 aliphatic rings. The van der Waals surface area contributed by atoms with Crippen molar-refractivity contribution in [1.82, 2.24) is 15.1 Å². The van der Waals surface area contributed by atoms with Crippen molar-refractivity contribution >= 4 is 11.6 Å². The Hall–Kier alpha value is -2.99. The van der Waals surface area contributed by atoms with Crippen molar-refractivity contribution < 1.29 is 9.21 Å². The van der Waals surface area contributed by atoms with E-state index < -0.39 is 5.54 Å². The topological polar surface area (TPSA) is 62.5 Å². The van der Waals surface area contributed by atoms with Crippen LogP contribution in [0.15, 0.2) is 65.1 Å². The number of carbonyl (C=O) groups excluding carboxylic acids is 1. The van der Waals surface area contributed by atoms with Gasteiger partial charge in [-0.3, -0.25) is 9.69 Å². The Kier molecular flexibility index (Phi) is 7.00. The van der Waals surface area contributed by atoms with Crippen LogP contribution in [0.25, 0.3) is 0 Å². The molecular formula is C26H32N4O2. The lowest BCUT2D eigenvalue weighted by molar-refractivity contribution is -0.120. The summed E-state index contributed by atoms with van der Waals surface area (Å²) in [6, 6.07) is 20.5. The Morgan fingerprint density at radius 1 is 1.00 bits per heavy atom. The van der Waals surface area contributed by atoms with Crippen molar-refractivity contribution in [3.05, 3.63) is 78.0 Å². The molecule has 0 unspecified atom stereocenters. The average Bonchev–Trinajstić information content (AvgIpc) is 3.35. The number of para-hydroxylation sites is 1. The lowest BCUT2D eigenvalue weighted by atomic mass is 9.84. The molecule has 2 heterocycles. The maximum Gasteiger partial charge on any atom is 0.242 e. The number of piperidine rings is 1. The Morgan fingerprint density at radius 2 is 1.66 bits per heavy atom. The zero-order chi connectivity index (χ0) is 22.4. The highest BCUT2D eigenvalue weighted by atomic mass is 16.4. The van der Waals surface area contributed by atoms with Gasteiger partial charge in [-0.15, -0.1) is 10.2 Å². The molecule has 1 aliphatic heterocycles. The minimum atomic E-state index is -0.627. The van der Waals surface area contributed by atoms with Crippen LogP contribution < -0.4 is 4.90 Å². The van der Waals surface area contributed by atoms with Gasteiger partial charge in [0.2, 0.25) is 17.7 Å². The molecule has 3 aromatic rings. The summed E-state index contributed by atoms with van der Waals surface area (Å²) in [6.45, 7) is 6.65. The summed E-state index contributed by atoms with van der Waals surface area (Å²) in [7, 11) is 0. The standard InChI is InChI=1S/C26H32N4O2/c1-3-23-27-28-25(32-23)26(30(24(31)4-2)22-13-9-6-10-14-22)16-19-29(20-17-26)18-15-21-11-7-5-8-12-21/h5-14H,3-4,15-20H2,1-2H3. The van der Waals surface area contributed by atoms with Crippen LogP contribution >= 0.6 is 0 Å². The van der Waals surface area contributed by atoms with Crippen LogP contribution in [0.3, 0.4) is 0 Å². The summed E-state index contributed by atoms with van der Waals surface area (Å²) in [4.78, 5) is 17.7. The first-order valence-corrected chi connectivity index (χ1v) is 11.6. The van der Waals surface area contributed by atoms with Gasteiger partial charge in [0.1, 0.15) is 5.54 Å². The first kappa shape index (κ1) is 22.2. The molecule has 1 amide bonds. The zero-order valence-electron chi connectivity index (χ0n) is 19.0. The molecule has 0 bridgehead atoms. The number of nitrogens with zero attached hydrogens (tertiary/aromatic N) is 4. The first-order valence-electron chi connectivity index (χ1n) is 11.6. The van der Waals surface area contributed by atoms with Crippen LogP contribution in [-0.4, -0.2) is 40.6 Å². The molecule has 0 atom stereocenters. The summed E-state index contributed by atoms with van der Waals surface area (Å²) >= 11 is 0. The smallest absolute Gasteiger partial charge is 0.242 e. The number of likely N-dealkylation sites (tertiary alicyclic amines) is 1. The fraction of sp³-hybridized carbons (Fsp3) is 0.423. The number of benzene rings is 2. The fourth-order valence-electron chi connectivity index (χ4n) is 4.56. The Balaban J connectivity index is 1.61. The number of carbonyl (C=O) groups is 1. The second-order valence-electron chi connectivity index (χ2n) is 8.38. The molecule has 1 aromatic heterocycles. The molecule has 168 valence electrons. The lowest BCUT2D eigenvalue weighted by Gasteiger charge is -2.46. The summed E-state index contributed by atoms with van der Waals surface area (Å²) < 4.78 is 6.10. The van der Waals surface area contributed by atoms with E-state index in [4.69, 9.17) is 4.42 Å². The van der Waals surface area contributed by atoms with Crippen LogP contribution in [-0.2, 0) is 23.2 Å². The molecule has 0 N–H and O–H groups in total. The van der Waals surface area contributed by atoms with Crippen molar-refractivity contribution in [3.8, 4) is 0 Å². The van der Waals surface area contributed by atoms with Gasteiger partial charge in [0.25, 0.3) is 0 Å². The van der Waals surface area contributed by atoms with E-state index in [-0.39, 0.29) is 5.91 Å². The Morgan fingerprint density at radius 3 is 2.25 bits per heavy atom. The van der Waals surface area contributed by atoms with Gasteiger partial charge in [-0.05, 0) is 37.0 Å². The molecule has 0 radical (unpaired) electrons. The third-order valence-corrected chi connectivity index (χ3v) is 6.40. The monoisotopic (exact) mass is 432 g/mol. The summed E-state index contributed by atoms with van der Waals surface area (Å²) in [5.41, 5.74) is 1.60. The van der Waals surface area contributed by atoms with E-state index >= 15 is 0 Å². The van der Waals surface area contributed by atoms with E-state index in [9.17, 15) is 4.79 Å². The summed E-state index contributed by atoms with van der Waals surface area (Å²) in [5, 5.41) is 8.68. The third kappa shape index (κ3) is 4.60. The highest BCUT2D eigenvalue weighted by molar-refractivity contribution is 5.94. The van der Waals surface area contributed by atoms with Gasteiger partial charge >= 0.3 is 0 Å². The van der Waals surface area contributed by atoms with Crippen LogP contribution in [0.2, 0.25) is 0 Å². The summed E-state index contributed by atoms with van der Waals surface area (Å²) in [5.74, 6) is 1.25. The number of hydrogen-bond donors (Lipinski definition) is 0. The molecule has 0 spiro atoms. The third-order valence-electron chi connectivity index (χ3n) is 6.40. The van der Waals surface area contributed by atoms with Crippen molar-refractivity contribution in [2.75, 3.05) is 24.5 Å². The van der Waals surface area contributed by atoms with Crippen LogP contribution in [0.4, 0.5) is 5.69 Å². The van der Waals surface area contributed by atoms with Gasteiger partial charge in [0.05, 0.1) is 0 Å². The Bertz CT molecular complexity index is 995. The molecule has 6 heteroatoms. The largest absolute Gasteiger partial charge is 0.423 e. The molecule has 1 fully saturated rings. The van der Waals surface area contributed by atoms with Gasteiger partial charge in [0, 0.05) is 38.2 Å². The van der Waals surface area contributed by atoms with Gasteiger partial charge in [-0.25, -0.2) is 0 Å². The number of hydrogen-bond acceptors (Lipinski definition) is 5. The molecule has 1 saturated heterocycles. The first-order chi connectivity index (χ1) is 15.7. The van der Waals surface area contributed by atoms with E-state index in [0.717, 1.165) is 44.6 Å². The van der Waals surface area contributed by atoms with Crippen molar-refractivity contribution in [2.45, 2.75) is 51.5 Å². The van der Waals surface area contributed by atoms with E-state index in [1.807, 2.05) is 49.1 Å². The maximum atomic E-state index is 13.3. The number of anilines is 1. The van der Waals surface area contributed by atoms with E-state index in [1.54, 1.807) is 0 Å². The zero-order valence-corrected chi connectivity index (χ0v) is 19.0.